The zero-order chi connectivity index (χ0) is 17.2. The van der Waals surface area contributed by atoms with E-state index in [1.165, 1.54) is 19.3 Å². The van der Waals surface area contributed by atoms with Crippen LogP contribution in [-0.2, 0) is 11.3 Å². The van der Waals surface area contributed by atoms with Gasteiger partial charge in [0.1, 0.15) is 0 Å². The Bertz CT molecular complexity index is 629. The van der Waals surface area contributed by atoms with Gasteiger partial charge in [-0.3, -0.25) is 4.79 Å². The summed E-state index contributed by atoms with van der Waals surface area (Å²) in [4.78, 5) is 29.4. The largest absolute Gasteiger partial charge is 0.337 e. The molecule has 1 N–H and O–H groups in total. The Morgan fingerprint density at radius 2 is 1.88 bits per heavy atom. The second-order valence-corrected chi connectivity index (χ2v) is 7.76. The molecule has 25 heavy (non-hydrogen) atoms. The number of carbonyl (C=O) groups is 2. The van der Waals surface area contributed by atoms with Crippen LogP contribution in [0.1, 0.15) is 37.7 Å². The number of nitrogens with zero attached hydrogens (tertiary/aromatic N) is 2. The van der Waals surface area contributed by atoms with E-state index in [1.54, 1.807) is 0 Å². The van der Waals surface area contributed by atoms with Crippen molar-refractivity contribution in [3.8, 4) is 0 Å². The quantitative estimate of drug-likeness (QED) is 0.915. The molecular weight excluding hydrogens is 314 g/mol. The lowest BCUT2D eigenvalue weighted by molar-refractivity contribution is -0.141. The van der Waals surface area contributed by atoms with Crippen LogP contribution in [0.4, 0.5) is 4.79 Å². The molecule has 4 aliphatic rings. The summed E-state index contributed by atoms with van der Waals surface area (Å²) in [5.41, 5.74) is 1.09. The summed E-state index contributed by atoms with van der Waals surface area (Å²) in [6.07, 6.45) is 5.76. The third kappa shape index (κ3) is 3.51. The Hall–Kier alpha value is -2.04. The van der Waals surface area contributed by atoms with Crippen molar-refractivity contribution in [1.82, 2.24) is 15.1 Å². The number of carbonyl (C=O) groups excluding carboxylic acids is 2. The van der Waals surface area contributed by atoms with E-state index in [0.717, 1.165) is 24.9 Å². The molecule has 134 valence electrons. The molecule has 2 atom stereocenters. The van der Waals surface area contributed by atoms with Gasteiger partial charge < -0.3 is 15.1 Å². The molecule has 0 spiro atoms. The summed E-state index contributed by atoms with van der Waals surface area (Å²) in [6.45, 7) is 2.68. The topological polar surface area (TPSA) is 52.7 Å². The van der Waals surface area contributed by atoms with Crippen LogP contribution in [0.3, 0.4) is 0 Å². The summed E-state index contributed by atoms with van der Waals surface area (Å²) in [5, 5.41) is 3.02. The van der Waals surface area contributed by atoms with Gasteiger partial charge in [-0.1, -0.05) is 36.8 Å². The van der Waals surface area contributed by atoms with E-state index >= 15 is 0 Å². The van der Waals surface area contributed by atoms with Crippen molar-refractivity contribution < 1.29 is 9.59 Å². The number of benzene rings is 1. The van der Waals surface area contributed by atoms with Crippen LogP contribution in [0.2, 0.25) is 0 Å². The molecule has 4 fully saturated rings. The van der Waals surface area contributed by atoms with Crippen molar-refractivity contribution in [2.24, 2.45) is 11.8 Å². The van der Waals surface area contributed by atoms with E-state index in [9.17, 15) is 9.59 Å². The van der Waals surface area contributed by atoms with Crippen LogP contribution in [0.5, 0.6) is 0 Å². The molecule has 0 unspecified atom stereocenters. The Balaban J connectivity index is 1.38. The van der Waals surface area contributed by atoms with Crippen molar-refractivity contribution in [1.29, 1.82) is 0 Å². The number of hydrogen-bond donors (Lipinski definition) is 1. The van der Waals surface area contributed by atoms with Crippen molar-refractivity contribution >= 4 is 11.9 Å². The second kappa shape index (κ2) is 7.06. The maximum Gasteiger partial charge on any atom is 0.317 e. The maximum absolute atomic E-state index is 12.8. The van der Waals surface area contributed by atoms with E-state index in [0.29, 0.717) is 25.6 Å². The highest BCUT2D eigenvalue weighted by Gasteiger charge is 2.42. The van der Waals surface area contributed by atoms with Gasteiger partial charge >= 0.3 is 6.03 Å². The van der Waals surface area contributed by atoms with Gasteiger partial charge in [-0.2, -0.15) is 0 Å². The number of urea groups is 1. The molecule has 1 aromatic rings. The number of amides is 3. The first-order valence-electron chi connectivity index (χ1n) is 9.58. The van der Waals surface area contributed by atoms with E-state index in [-0.39, 0.29) is 23.9 Å². The monoisotopic (exact) mass is 341 g/mol. The lowest BCUT2D eigenvalue weighted by atomic mass is 9.83. The Kier molecular flexibility index (Phi) is 4.64. The van der Waals surface area contributed by atoms with Gasteiger partial charge in [0.05, 0.1) is 5.92 Å². The molecule has 3 amide bonds. The van der Waals surface area contributed by atoms with Gasteiger partial charge in [-0.15, -0.1) is 0 Å². The summed E-state index contributed by atoms with van der Waals surface area (Å²) in [6, 6.07) is 10.1. The molecular formula is C20H27N3O2. The highest BCUT2D eigenvalue weighted by atomic mass is 16.2. The first kappa shape index (κ1) is 16.4. The fraction of sp³-hybridized carbons (Fsp3) is 0.600. The van der Waals surface area contributed by atoms with Crippen LogP contribution in [0, 0.1) is 11.8 Å². The molecule has 5 rings (SSSR count). The summed E-state index contributed by atoms with van der Waals surface area (Å²) >= 11 is 0. The van der Waals surface area contributed by atoms with E-state index in [1.807, 2.05) is 35.2 Å². The minimum atomic E-state index is -0.0425. The normalized spacial score (nSPS) is 26.3. The minimum Gasteiger partial charge on any atom is -0.337 e. The molecule has 1 saturated carbocycles. The van der Waals surface area contributed by atoms with E-state index in [4.69, 9.17) is 0 Å². The predicted octanol–water partition coefficient (Wildman–Crippen LogP) is 2.62. The fourth-order valence-electron chi connectivity index (χ4n) is 4.29. The van der Waals surface area contributed by atoms with Crippen molar-refractivity contribution in [3.63, 3.8) is 0 Å². The second-order valence-electron chi connectivity index (χ2n) is 7.76. The van der Waals surface area contributed by atoms with Gasteiger partial charge in [-0.25, -0.2) is 4.79 Å². The number of hydrogen-bond acceptors (Lipinski definition) is 2. The first-order chi connectivity index (χ1) is 12.2. The van der Waals surface area contributed by atoms with E-state index in [2.05, 4.69) is 10.2 Å². The number of rotatable bonds is 4. The van der Waals surface area contributed by atoms with Gasteiger partial charge in [0.25, 0.3) is 0 Å². The molecule has 0 radical (unpaired) electrons. The summed E-state index contributed by atoms with van der Waals surface area (Å²) < 4.78 is 0. The smallest absolute Gasteiger partial charge is 0.317 e. The van der Waals surface area contributed by atoms with Crippen LogP contribution in [-0.4, -0.2) is 47.4 Å². The Morgan fingerprint density at radius 3 is 2.60 bits per heavy atom. The minimum absolute atomic E-state index is 0.0127. The number of nitrogens with one attached hydrogen (secondary N) is 1. The average molecular weight is 341 g/mol. The maximum atomic E-state index is 12.8. The molecule has 3 heterocycles. The zero-order valence-corrected chi connectivity index (χ0v) is 14.7. The molecule has 2 bridgehead atoms. The fourth-order valence-corrected chi connectivity index (χ4v) is 4.29. The number of piperidine rings is 1. The Morgan fingerprint density at radius 1 is 1.08 bits per heavy atom. The van der Waals surface area contributed by atoms with Gasteiger partial charge in [0.2, 0.25) is 5.91 Å². The molecule has 5 nitrogen and oxygen atoms in total. The molecule has 3 saturated heterocycles. The molecule has 0 aromatic heterocycles. The summed E-state index contributed by atoms with van der Waals surface area (Å²) in [7, 11) is 0. The summed E-state index contributed by atoms with van der Waals surface area (Å²) in [5.74, 6) is 0.950. The molecule has 1 aromatic carbocycles. The average Bonchev–Trinajstić information content (AvgIpc) is 2.88. The van der Waals surface area contributed by atoms with Crippen LogP contribution >= 0.6 is 0 Å². The van der Waals surface area contributed by atoms with Crippen molar-refractivity contribution in [2.45, 2.75) is 44.7 Å². The lowest BCUT2D eigenvalue weighted by Gasteiger charge is -2.40. The molecule has 3 aliphatic heterocycles. The Labute approximate surface area is 149 Å². The van der Waals surface area contributed by atoms with Crippen LogP contribution in [0.25, 0.3) is 0 Å². The lowest BCUT2D eigenvalue weighted by Crippen LogP contribution is -2.50. The van der Waals surface area contributed by atoms with Crippen LogP contribution in [0.15, 0.2) is 30.3 Å². The third-order valence-electron chi connectivity index (χ3n) is 6.05. The molecule has 1 aliphatic carbocycles. The molecule has 5 heteroatoms. The SMILES string of the molecule is O=C(NCc1ccccc1)N1C[C@@H]2CC[C@H](C1)N(CC1CCC1)C2=O. The highest BCUT2D eigenvalue weighted by molar-refractivity contribution is 5.82. The highest BCUT2D eigenvalue weighted by Crippen LogP contribution is 2.33. The first-order valence-corrected chi connectivity index (χ1v) is 9.58. The van der Waals surface area contributed by atoms with Gasteiger partial charge in [0, 0.05) is 32.2 Å². The van der Waals surface area contributed by atoms with Gasteiger partial charge in [0.15, 0.2) is 0 Å². The standard InChI is InChI=1S/C20H27N3O2/c24-19-17-9-10-18(23(19)12-16-7-4-8-16)14-22(13-17)20(25)21-11-15-5-2-1-3-6-15/h1-3,5-6,16-18H,4,7-14H2,(H,21,25)/t17-,18+/m0/s1. The third-order valence-corrected chi connectivity index (χ3v) is 6.05. The van der Waals surface area contributed by atoms with Gasteiger partial charge in [-0.05, 0) is 37.2 Å². The number of fused-ring (bicyclic) bond motifs is 4. The zero-order valence-electron chi connectivity index (χ0n) is 14.7. The van der Waals surface area contributed by atoms with Crippen molar-refractivity contribution in [3.05, 3.63) is 35.9 Å². The van der Waals surface area contributed by atoms with Crippen LogP contribution < -0.4 is 5.32 Å². The predicted molar refractivity (Wildman–Crippen MR) is 95.8 cm³/mol. The van der Waals surface area contributed by atoms with Crippen molar-refractivity contribution in [2.75, 3.05) is 19.6 Å². The van der Waals surface area contributed by atoms with E-state index < -0.39 is 0 Å².